The highest BCUT2D eigenvalue weighted by molar-refractivity contribution is 5.84. The third-order valence-corrected chi connectivity index (χ3v) is 4.00. The molecule has 0 atom stereocenters. The molecule has 8 nitrogen and oxygen atoms in total. The molecule has 0 bridgehead atoms. The zero-order chi connectivity index (χ0) is 19.8. The molecule has 0 spiro atoms. The number of carbonyl (C=O) groups is 1. The van der Waals surface area contributed by atoms with E-state index in [9.17, 15) is 4.79 Å². The number of nitrogens with one attached hydrogen (secondary N) is 2. The Kier molecular flexibility index (Phi) is 7.45. The quantitative estimate of drug-likeness (QED) is 0.544. The summed E-state index contributed by atoms with van der Waals surface area (Å²) < 4.78 is 7.04. The standard InChI is InChI=1S/C19H30N6O2/c1-6-20-19(22-11-17(26)21-10-16-8-7-9-27-16)24(4)12-15-13-25(5)23-18(15)14(2)3/h7-9,13-14H,6,10-12H2,1-5H3,(H,20,22)(H,21,26). The average molecular weight is 374 g/mol. The normalized spacial score (nSPS) is 11.7. The van der Waals surface area contributed by atoms with Crippen LogP contribution in [-0.4, -0.2) is 46.7 Å². The number of aryl methyl sites for hydroxylation is 1. The Morgan fingerprint density at radius 1 is 1.41 bits per heavy atom. The van der Waals surface area contributed by atoms with Gasteiger partial charge in [0.05, 0.1) is 18.5 Å². The number of guanidine groups is 1. The molecular weight excluding hydrogens is 344 g/mol. The molecule has 2 aromatic rings. The minimum Gasteiger partial charge on any atom is -0.467 e. The van der Waals surface area contributed by atoms with Gasteiger partial charge in [0, 0.05) is 38.9 Å². The van der Waals surface area contributed by atoms with Gasteiger partial charge in [0.2, 0.25) is 5.91 Å². The molecule has 0 aliphatic rings. The maximum absolute atomic E-state index is 12.1. The van der Waals surface area contributed by atoms with E-state index in [-0.39, 0.29) is 12.5 Å². The first-order valence-corrected chi connectivity index (χ1v) is 9.21. The van der Waals surface area contributed by atoms with Crippen molar-refractivity contribution in [2.24, 2.45) is 12.0 Å². The molecule has 2 rings (SSSR count). The van der Waals surface area contributed by atoms with Gasteiger partial charge in [0.1, 0.15) is 12.3 Å². The second-order valence-electron chi connectivity index (χ2n) is 6.75. The van der Waals surface area contributed by atoms with Crippen LogP contribution in [0, 0.1) is 0 Å². The van der Waals surface area contributed by atoms with Gasteiger partial charge in [0.15, 0.2) is 5.96 Å². The number of furan rings is 1. The number of hydrogen-bond acceptors (Lipinski definition) is 4. The predicted molar refractivity (Wildman–Crippen MR) is 105 cm³/mol. The molecule has 2 N–H and O–H groups in total. The zero-order valence-electron chi connectivity index (χ0n) is 16.8. The summed E-state index contributed by atoms with van der Waals surface area (Å²) in [6.45, 7) is 8.08. The third-order valence-electron chi connectivity index (χ3n) is 4.00. The highest BCUT2D eigenvalue weighted by Gasteiger charge is 2.15. The number of amides is 1. The van der Waals surface area contributed by atoms with Crippen LogP contribution in [0.15, 0.2) is 34.0 Å². The maximum Gasteiger partial charge on any atom is 0.242 e. The third kappa shape index (κ3) is 6.16. The molecule has 0 saturated heterocycles. The number of nitrogens with zero attached hydrogens (tertiary/aromatic N) is 4. The molecule has 0 fully saturated rings. The summed E-state index contributed by atoms with van der Waals surface area (Å²) in [5.41, 5.74) is 2.24. The fourth-order valence-electron chi connectivity index (χ4n) is 2.76. The molecule has 1 amide bonds. The van der Waals surface area contributed by atoms with Crippen molar-refractivity contribution in [2.75, 3.05) is 20.1 Å². The van der Waals surface area contributed by atoms with Crippen molar-refractivity contribution in [1.29, 1.82) is 0 Å². The smallest absolute Gasteiger partial charge is 0.242 e. The van der Waals surface area contributed by atoms with E-state index in [4.69, 9.17) is 4.42 Å². The first kappa shape index (κ1) is 20.5. The topological polar surface area (TPSA) is 87.7 Å². The van der Waals surface area contributed by atoms with Crippen LogP contribution in [0.3, 0.4) is 0 Å². The van der Waals surface area contributed by atoms with E-state index in [0.29, 0.717) is 30.7 Å². The Bertz CT molecular complexity index is 748. The van der Waals surface area contributed by atoms with Gasteiger partial charge in [0.25, 0.3) is 0 Å². The van der Waals surface area contributed by atoms with E-state index in [2.05, 4.69) is 34.6 Å². The lowest BCUT2D eigenvalue weighted by Crippen LogP contribution is -2.39. The highest BCUT2D eigenvalue weighted by Crippen LogP contribution is 2.18. The van der Waals surface area contributed by atoms with E-state index in [1.165, 1.54) is 0 Å². The van der Waals surface area contributed by atoms with E-state index < -0.39 is 0 Å². The largest absolute Gasteiger partial charge is 0.467 e. The second-order valence-corrected chi connectivity index (χ2v) is 6.75. The van der Waals surface area contributed by atoms with Gasteiger partial charge in [-0.15, -0.1) is 0 Å². The lowest BCUT2D eigenvalue weighted by atomic mass is 10.1. The summed E-state index contributed by atoms with van der Waals surface area (Å²) in [5.74, 6) is 1.60. The van der Waals surface area contributed by atoms with Crippen molar-refractivity contribution in [3.05, 3.63) is 41.6 Å². The highest BCUT2D eigenvalue weighted by atomic mass is 16.3. The van der Waals surface area contributed by atoms with Gasteiger partial charge >= 0.3 is 0 Å². The average Bonchev–Trinajstić information content (AvgIpc) is 3.26. The summed E-state index contributed by atoms with van der Waals surface area (Å²) in [4.78, 5) is 18.5. The van der Waals surface area contributed by atoms with Crippen LogP contribution in [0.25, 0.3) is 0 Å². The first-order chi connectivity index (χ1) is 12.9. The van der Waals surface area contributed by atoms with Crippen LogP contribution < -0.4 is 10.6 Å². The van der Waals surface area contributed by atoms with E-state index in [1.54, 1.807) is 12.3 Å². The lowest BCUT2D eigenvalue weighted by molar-refractivity contribution is -0.119. The minimum atomic E-state index is -0.153. The Morgan fingerprint density at radius 3 is 2.81 bits per heavy atom. The van der Waals surface area contributed by atoms with Crippen LogP contribution >= 0.6 is 0 Å². The molecule has 148 valence electrons. The summed E-state index contributed by atoms with van der Waals surface area (Å²) in [5, 5.41) is 10.6. The fraction of sp³-hybridized carbons (Fsp3) is 0.526. The maximum atomic E-state index is 12.1. The van der Waals surface area contributed by atoms with Crippen molar-refractivity contribution >= 4 is 11.9 Å². The Labute approximate surface area is 160 Å². The van der Waals surface area contributed by atoms with Crippen molar-refractivity contribution < 1.29 is 9.21 Å². The van der Waals surface area contributed by atoms with Gasteiger partial charge in [-0.3, -0.25) is 9.48 Å². The molecule has 0 saturated carbocycles. The van der Waals surface area contributed by atoms with E-state index >= 15 is 0 Å². The number of rotatable bonds is 8. The fourth-order valence-corrected chi connectivity index (χ4v) is 2.76. The van der Waals surface area contributed by atoms with E-state index in [1.807, 2.05) is 42.9 Å². The molecule has 2 aromatic heterocycles. The molecule has 0 unspecified atom stereocenters. The first-order valence-electron chi connectivity index (χ1n) is 9.21. The van der Waals surface area contributed by atoms with Crippen LogP contribution in [0.5, 0.6) is 0 Å². The van der Waals surface area contributed by atoms with Gasteiger partial charge in [-0.25, -0.2) is 4.99 Å². The molecule has 0 radical (unpaired) electrons. The minimum absolute atomic E-state index is 0.0530. The zero-order valence-corrected chi connectivity index (χ0v) is 16.8. The van der Waals surface area contributed by atoms with Crippen LogP contribution in [-0.2, 0) is 24.9 Å². The van der Waals surface area contributed by atoms with Gasteiger partial charge in [-0.1, -0.05) is 13.8 Å². The SMILES string of the molecule is CCNC(=NCC(=O)NCc1ccco1)N(C)Cc1cn(C)nc1C(C)C. The molecule has 8 heteroatoms. The van der Waals surface area contributed by atoms with Crippen LogP contribution in [0.4, 0.5) is 0 Å². The number of hydrogen-bond donors (Lipinski definition) is 2. The van der Waals surface area contributed by atoms with Crippen molar-refractivity contribution in [3.8, 4) is 0 Å². The molecule has 0 aromatic carbocycles. The molecule has 2 heterocycles. The summed E-state index contributed by atoms with van der Waals surface area (Å²) in [6, 6.07) is 3.61. The molecular formula is C19H30N6O2. The molecule has 0 aliphatic carbocycles. The van der Waals surface area contributed by atoms with Crippen LogP contribution in [0.2, 0.25) is 0 Å². The van der Waals surface area contributed by atoms with Crippen molar-refractivity contribution in [2.45, 2.75) is 39.8 Å². The summed E-state index contributed by atoms with van der Waals surface area (Å²) >= 11 is 0. The van der Waals surface area contributed by atoms with Gasteiger partial charge in [-0.2, -0.15) is 5.10 Å². The molecule has 0 aliphatic heterocycles. The van der Waals surface area contributed by atoms with Crippen molar-refractivity contribution in [1.82, 2.24) is 25.3 Å². The number of aromatic nitrogens is 2. The molecule has 27 heavy (non-hydrogen) atoms. The monoisotopic (exact) mass is 374 g/mol. The lowest BCUT2D eigenvalue weighted by Gasteiger charge is -2.22. The van der Waals surface area contributed by atoms with Crippen molar-refractivity contribution in [3.63, 3.8) is 0 Å². The number of carbonyl (C=O) groups excluding carboxylic acids is 1. The summed E-state index contributed by atoms with van der Waals surface area (Å²) in [6.07, 6.45) is 3.62. The van der Waals surface area contributed by atoms with Gasteiger partial charge < -0.3 is 20.0 Å². The Balaban J connectivity index is 1.98. The van der Waals surface area contributed by atoms with E-state index in [0.717, 1.165) is 17.8 Å². The second kappa shape index (κ2) is 9.80. The Hall–Kier alpha value is -2.77. The number of aliphatic imine (C=N–C) groups is 1. The van der Waals surface area contributed by atoms with Crippen LogP contribution in [0.1, 0.15) is 43.7 Å². The van der Waals surface area contributed by atoms with Gasteiger partial charge in [-0.05, 0) is 25.0 Å². The Morgan fingerprint density at radius 2 is 2.19 bits per heavy atom. The predicted octanol–water partition coefficient (Wildman–Crippen LogP) is 1.85. The summed E-state index contributed by atoms with van der Waals surface area (Å²) in [7, 11) is 3.89.